The van der Waals surface area contributed by atoms with Crippen molar-refractivity contribution >= 4 is 31.0 Å². The van der Waals surface area contributed by atoms with Crippen molar-refractivity contribution in [2.75, 3.05) is 46.6 Å². The van der Waals surface area contributed by atoms with Crippen LogP contribution in [0.4, 0.5) is 0 Å². The number of aliphatic hydroxyl groups excluding tert-OH is 2. The summed E-state index contributed by atoms with van der Waals surface area (Å²) in [6.07, 6.45) is 0.773. The minimum absolute atomic E-state index is 0.0639. The summed E-state index contributed by atoms with van der Waals surface area (Å²) < 4.78 is 11.9. The molecule has 0 aromatic rings. The van der Waals surface area contributed by atoms with Crippen LogP contribution < -0.4 is 5.32 Å². The highest BCUT2D eigenvalue weighted by atomic mass is 16.5. The third kappa shape index (κ3) is 9.96. The zero-order valence-corrected chi connectivity index (χ0v) is 23.9. The number of nitrogens with zero attached hydrogens (tertiary/aromatic N) is 1. The van der Waals surface area contributed by atoms with Crippen LogP contribution in [-0.2, 0) is 28.7 Å². The van der Waals surface area contributed by atoms with Gasteiger partial charge in [0.05, 0.1) is 45.7 Å². The topological polar surface area (TPSA) is 142 Å². The molecule has 0 spiro atoms. The van der Waals surface area contributed by atoms with Crippen molar-refractivity contribution in [1.29, 1.82) is 0 Å². The number of carbonyl (C=O) groups is 4. The fraction of sp³-hybridized carbons (Fsp3) is 0.846. The molecule has 10 nitrogen and oxygen atoms in total. The first-order chi connectivity index (χ1) is 17.1. The van der Waals surface area contributed by atoms with E-state index in [4.69, 9.17) is 22.4 Å². The molecule has 0 bridgehead atoms. The van der Waals surface area contributed by atoms with E-state index in [0.717, 1.165) is 0 Å². The zero-order chi connectivity index (χ0) is 29.0. The molecule has 3 N–H and O–H groups in total. The van der Waals surface area contributed by atoms with Gasteiger partial charge in [0.1, 0.15) is 24.4 Å². The van der Waals surface area contributed by atoms with Gasteiger partial charge in [0, 0.05) is 5.92 Å². The summed E-state index contributed by atoms with van der Waals surface area (Å²) in [7, 11) is 7.55. The lowest BCUT2D eigenvalue weighted by atomic mass is 9.83. The van der Waals surface area contributed by atoms with Crippen LogP contribution in [0.25, 0.3) is 0 Å². The fourth-order valence-corrected chi connectivity index (χ4v) is 3.42. The van der Waals surface area contributed by atoms with E-state index >= 15 is 0 Å². The Labute approximate surface area is 223 Å². The van der Waals surface area contributed by atoms with Crippen molar-refractivity contribution in [2.24, 2.45) is 5.92 Å². The Kier molecular flexibility index (Phi) is 15.2. The van der Waals surface area contributed by atoms with Crippen LogP contribution in [0.2, 0.25) is 6.32 Å². The number of Topliss-reactive ketones (excluding diaryl/α,β-unsaturated/α-hetero) is 4. The average Bonchev–Trinajstić information content (AvgIpc) is 2.90. The Bertz CT molecular complexity index is 782. The standard InChI is InChI=1S/C26H47BN2O8/c1-9-24(5,23(35)14-31)29(8)12-22(34)26(7,17-27)37-16-18(3)15-36-25(6,10-2)21(33)11-28-19(4)20(32)13-30/h18-19,28,30-31H,9-17H2,1-8H3. The van der Waals surface area contributed by atoms with Crippen molar-refractivity contribution in [3.8, 4) is 0 Å². The molecule has 0 aliphatic rings. The monoisotopic (exact) mass is 526 g/mol. The smallest absolute Gasteiger partial charge is 0.178 e. The van der Waals surface area contributed by atoms with Gasteiger partial charge in [-0.05, 0) is 47.6 Å². The van der Waals surface area contributed by atoms with Gasteiger partial charge in [0.15, 0.2) is 23.1 Å². The van der Waals surface area contributed by atoms with Crippen LogP contribution in [0.1, 0.15) is 61.3 Å². The van der Waals surface area contributed by atoms with E-state index < -0.39 is 41.8 Å². The second-order valence-electron chi connectivity index (χ2n) is 10.4. The molecule has 0 fully saturated rings. The molecule has 0 saturated heterocycles. The molecule has 11 heteroatoms. The van der Waals surface area contributed by atoms with Gasteiger partial charge in [-0.1, -0.05) is 27.1 Å². The molecular formula is C26H47BN2O8. The van der Waals surface area contributed by atoms with Gasteiger partial charge in [-0.3, -0.25) is 24.1 Å². The van der Waals surface area contributed by atoms with Crippen LogP contribution in [0.15, 0.2) is 0 Å². The van der Waals surface area contributed by atoms with Crippen molar-refractivity contribution in [1.82, 2.24) is 10.2 Å². The summed E-state index contributed by atoms with van der Waals surface area (Å²) in [6, 6.07) is -0.648. The van der Waals surface area contributed by atoms with E-state index in [1.807, 2.05) is 20.8 Å². The molecule has 2 radical (unpaired) electrons. The maximum absolute atomic E-state index is 13.1. The largest absolute Gasteiger partial charge is 0.389 e. The number of hydrogen-bond donors (Lipinski definition) is 3. The van der Waals surface area contributed by atoms with Crippen LogP contribution >= 0.6 is 0 Å². The SMILES string of the molecule is [B]CC(C)(OCC(C)COC(C)(CC)C(=O)CNC(C)C(=O)CO)C(=O)CN(C)C(C)(CC)C(=O)CO. The lowest BCUT2D eigenvalue weighted by molar-refractivity contribution is -0.150. The van der Waals surface area contributed by atoms with Gasteiger partial charge in [0.2, 0.25) is 0 Å². The Morgan fingerprint density at radius 2 is 1.43 bits per heavy atom. The van der Waals surface area contributed by atoms with E-state index in [-0.39, 0.29) is 55.9 Å². The molecule has 5 atom stereocenters. The number of nitrogens with one attached hydrogen (secondary N) is 1. The normalized spacial score (nSPS) is 18.4. The second kappa shape index (κ2) is 15.8. The summed E-state index contributed by atoms with van der Waals surface area (Å²) in [5, 5.41) is 21.1. The van der Waals surface area contributed by atoms with Crippen LogP contribution in [0, 0.1) is 5.92 Å². The maximum Gasteiger partial charge on any atom is 0.178 e. The molecule has 0 aliphatic carbocycles. The van der Waals surface area contributed by atoms with Crippen molar-refractivity contribution in [3.05, 3.63) is 0 Å². The molecule has 5 unspecified atom stereocenters. The number of ether oxygens (including phenoxy) is 2. The van der Waals surface area contributed by atoms with Gasteiger partial charge >= 0.3 is 0 Å². The highest BCUT2D eigenvalue weighted by Gasteiger charge is 2.40. The molecule has 0 heterocycles. The first-order valence-electron chi connectivity index (χ1n) is 12.9. The van der Waals surface area contributed by atoms with Crippen molar-refractivity contribution in [3.63, 3.8) is 0 Å². The van der Waals surface area contributed by atoms with Gasteiger partial charge in [-0.2, -0.15) is 0 Å². The number of likely N-dealkylation sites (N-methyl/N-ethyl adjacent to an activating group) is 1. The first-order valence-corrected chi connectivity index (χ1v) is 12.9. The Morgan fingerprint density at radius 3 is 1.86 bits per heavy atom. The van der Waals surface area contributed by atoms with Crippen LogP contribution in [0.5, 0.6) is 0 Å². The first kappa shape index (κ1) is 35.5. The van der Waals surface area contributed by atoms with Gasteiger partial charge in [-0.25, -0.2) is 0 Å². The molecule has 0 aromatic carbocycles. The predicted molar refractivity (Wildman–Crippen MR) is 142 cm³/mol. The molecule has 0 saturated carbocycles. The Morgan fingerprint density at radius 1 is 0.892 bits per heavy atom. The second-order valence-corrected chi connectivity index (χ2v) is 10.4. The molecule has 0 amide bonds. The quantitative estimate of drug-likeness (QED) is 0.181. The van der Waals surface area contributed by atoms with Crippen molar-refractivity contribution < 1.29 is 38.9 Å². The van der Waals surface area contributed by atoms with Crippen LogP contribution in [0.3, 0.4) is 0 Å². The maximum atomic E-state index is 13.1. The van der Waals surface area contributed by atoms with Gasteiger partial charge < -0.3 is 25.0 Å². The molecule has 0 aliphatic heterocycles. The van der Waals surface area contributed by atoms with E-state index in [2.05, 4.69) is 5.32 Å². The Balaban J connectivity index is 5.05. The minimum Gasteiger partial charge on any atom is -0.389 e. The summed E-state index contributed by atoms with van der Waals surface area (Å²) in [6.45, 7) is 11.0. The van der Waals surface area contributed by atoms with E-state index in [0.29, 0.717) is 12.8 Å². The zero-order valence-electron chi connectivity index (χ0n) is 23.9. The predicted octanol–water partition coefficient (Wildman–Crippen LogP) is 0.510. The third-order valence-corrected chi connectivity index (χ3v) is 7.48. The lowest BCUT2D eigenvalue weighted by Crippen LogP contribution is -2.55. The average molecular weight is 526 g/mol. The number of carbonyl (C=O) groups excluding carboxylic acids is 4. The third-order valence-electron chi connectivity index (χ3n) is 7.48. The number of rotatable bonds is 21. The fourth-order valence-electron chi connectivity index (χ4n) is 3.42. The molecule has 212 valence electrons. The summed E-state index contributed by atoms with van der Waals surface area (Å²) in [5.41, 5.74) is -3.36. The van der Waals surface area contributed by atoms with Gasteiger partial charge in [-0.15, -0.1) is 0 Å². The van der Waals surface area contributed by atoms with Crippen LogP contribution in [-0.4, -0.2) is 115 Å². The number of aliphatic hydroxyl groups is 2. The Hall–Kier alpha value is -1.50. The van der Waals surface area contributed by atoms with Crippen molar-refractivity contribution in [2.45, 2.75) is 90.4 Å². The summed E-state index contributed by atoms with van der Waals surface area (Å²) in [5.74, 6) is -1.45. The molecular weight excluding hydrogens is 479 g/mol. The highest BCUT2D eigenvalue weighted by molar-refractivity contribution is 6.12. The molecule has 37 heavy (non-hydrogen) atoms. The van der Waals surface area contributed by atoms with E-state index in [9.17, 15) is 24.3 Å². The number of ketones is 4. The van der Waals surface area contributed by atoms with E-state index in [1.54, 1.807) is 39.6 Å². The molecule has 0 aromatic heterocycles. The highest BCUT2D eigenvalue weighted by Crippen LogP contribution is 2.24. The number of hydrogen-bond acceptors (Lipinski definition) is 10. The minimum atomic E-state index is -1.29. The lowest BCUT2D eigenvalue weighted by Gasteiger charge is -2.38. The molecule has 0 rings (SSSR count). The summed E-state index contributed by atoms with van der Waals surface area (Å²) >= 11 is 0. The van der Waals surface area contributed by atoms with E-state index in [1.165, 1.54) is 0 Å². The summed E-state index contributed by atoms with van der Waals surface area (Å²) in [4.78, 5) is 51.2. The van der Waals surface area contributed by atoms with Gasteiger partial charge in [0.25, 0.3) is 0 Å².